The van der Waals surface area contributed by atoms with Gasteiger partial charge >= 0.3 is 0 Å². The third kappa shape index (κ3) is 8.26. The first-order chi connectivity index (χ1) is 24.6. The Kier molecular flexibility index (Phi) is 11.3. The zero-order valence-corrected chi connectivity index (χ0v) is 29.6. The molecule has 0 amide bonds. The van der Waals surface area contributed by atoms with Crippen molar-refractivity contribution in [1.29, 1.82) is 0 Å². The van der Waals surface area contributed by atoms with Gasteiger partial charge in [-0.1, -0.05) is 115 Å². The van der Waals surface area contributed by atoms with Gasteiger partial charge in [0.05, 0.1) is 7.11 Å². The van der Waals surface area contributed by atoms with Crippen LogP contribution < -0.4 is 9.64 Å². The third-order valence-corrected chi connectivity index (χ3v) is 8.87. The summed E-state index contributed by atoms with van der Waals surface area (Å²) < 4.78 is 5.42. The largest absolute Gasteiger partial charge is 0.497 e. The molecule has 0 N–H and O–H groups in total. The molecule has 6 rings (SSSR count). The molecule has 0 unspecified atom stereocenters. The fourth-order valence-corrected chi connectivity index (χ4v) is 6.16. The molecule has 6 aromatic carbocycles. The maximum Gasteiger partial charge on any atom is 0.118 e. The second-order valence-corrected chi connectivity index (χ2v) is 12.4. The summed E-state index contributed by atoms with van der Waals surface area (Å²) in [6, 6.07) is 55.2. The van der Waals surface area contributed by atoms with Crippen molar-refractivity contribution in [1.82, 2.24) is 0 Å². The molecule has 0 saturated heterocycles. The van der Waals surface area contributed by atoms with Crippen molar-refractivity contribution in [3.05, 3.63) is 209 Å². The van der Waals surface area contributed by atoms with E-state index in [0.29, 0.717) is 0 Å². The monoisotopic (exact) mass is 667 g/mol. The van der Waals surface area contributed by atoms with E-state index >= 15 is 0 Å². The third-order valence-electron chi connectivity index (χ3n) is 8.57. The highest BCUT2D eigenvalue weighted by Gasteiger charge is 2.13. The smallest absolute Gasteiger partial charge is 0.118 e. The highest BCUT2D eigenvalue weighted by molar-refractivity contribution is 7.80. The molecule has 0 heterocycles. The van der Waals surface area contributed by atoms with Gasteiger partial charge in [-0.05, 0) is 131 Å². The molecule has 0 bridgehead atoms. The van der Waals surface area contributed by atoms with Crippen LogP contribution >= 0.6 is 12.6 Å². The van der Waals surface area contributed by atoms with Crippen molar-refractivity contribution in [2.24, 2.45) is 0 Å². The number of hydrogen-bond donors (Lipinski definition) is 1. The quantitative estimate of drug-likeness (QED) is 0.0839. The van der Waals surface area contributed by atoms with E-state index in [9.17, 15) is 0 Å². The van der Waals surface area contributed by atoms with Crippen LogP contribution in [-0.4, -0.2) is 7.11 Å². The molecule has 0 aliphatic heterocycles. The molecule has 0 atom stereocenters. The lowest BCUT2D eigenvalue weighted by Crippen LogP contribution is -2.09. The van der Waals surface area contributed by atoms with Crippen molar-refractivity contribution in [2.45, 2.75) is 18.7 Å². The Labute approximate surface area is 302 Å². The van der Waals surface area contributed by atoms with Crippen LogP contribution in [0.5, 0.6) is 5.75 Å². The molecule has 0 aliphatic carbocycles. The number of allylic oxidation sites excluding steroid dienone is 5. The van der Waals surface area contributed by atoms with Crippen LogP contribution in [0.2, 0.25) is 0 Å². The van der Waals surface area contributed by atoms with Gasteiger partial charge in [-0.25, -0.2) is 0 Å². The molecule has 0 spiro atoms. The molecule has 246 valence electrons. The average Bonchev–Trinajstić information content (AvgIpc) is 3.18. The Hall–Kier alpha value is -5.77. The normalized spacial score (nSPS) is 12.3. The van der Waals surface area contributed by atoms with E-state index < -0.39 is 0 Å². The van der Waals surface area contributed by atoms with Crippen molar-refractivity contribution >= 4 is 53.0 Å². The lowest BCUT2D eigenvalue weighted by molar-refractivity contribution is 0.415. The van der Waals surface area contributed by atoms with Gasteiger partial charge in [0, 0.05) is 22.0 Å². The van der Waals surface area contributed by atoms with Gasteiger partial charge in [0.2, 0.25) is 0 Å². The summed E-state index contributed by atoms with van der Waals surface area (Å²) in [4.78, 5) is 3.25. The van der Waals surface area contributed by atoms with E-state index in [-0.39, 0.29) is 0 Å². The molecule has 50 heavy (non-hydrogen) atoms. The Morgan fingerprint density at radius 2 is 1.04 bits per heavy atom. The van der Waals surface area contributed by atoms with Gasteiger partial charge in [0.15, 0.2) is 0 Å². The van der Waals surface area contributed by atoms with Crippen LogP contribution in [-0.2, 0) is 0 Å². The zero-order chi connectivity index (χ0) is 34.7. The fraction of sp³-hybridized carbons (Fsp3) is 0.0638. The molecule has 3 heteroatoms. The predicted octanol–water partition coefficient (Wildman–Crippen LogP) is 13.1. The fourth-order valence-electron chi connectivity index (χ4n) is 6.01. The SMILES string of the molecule is C/C=C\C(=C/C)C(=Cc1ccc(N(c2ccccc2)c2ccc(C=C(c3ccccc3)c3ccc(OC)cc3)cc2)cc1)c1ccc(S)cc1. The van der Waals surface area contributed by atoms with E-state index in [1.165, 1.54) is 11.1 Å². The minimum Gasteiger partial charge on any atom is -0.497 e. The van der Waals surface area contributed by atoms with E-state index in [1.807, 2.05) is 24.3 Å². The maximum atomic E-state index is 5.42. The number of methoxy groups -OCH3 is 1. The molecule has 0 saturated carbocycles. The predicted molar refractivity (Wildman–Crippen MR) is 218 cm³/mol. The number of para-hydroxylation sites is 1. The minimum atomic E-state index is 0.843. The van der Waals surface area contributed by atoms with Crippen molar-refractivity contribution in [3.63, 3.8) is 0 Å². The van der Waals surface area contributed by atoms with Crippen LogP contribution in [0.3, 0.4) is 0 Å². The van der Waals surface area contributed by atoms with Crippen molar-refractivity contribution in [3.8, 4) is 5.75 Å². The van der Waals surface area contributed by atoms with Crippen LogP contribution in [0, 0.1) is 0 Å². The van der Waals surface area contributed by atoms with Gasteiger partial charge in [-0.15, -0.1) is 12.6 Å². The van der Waals surface area contributed by atoms with Crippen molar-refractivity contribution in [2.75, 3.05) is 12.0 Å². The van der Waals surface area contributed by atoms with Crippen LogP contribution in [0.4, 0.5) is 17.1 Å². The van der Waals surface area contributed by atoms with Gasteiger partial charge in [-0.3, -0.25) is 0 Å². The highest BCUT2D eigenvalue weighted by atomic mass is 32.1. The van der Waals surface area contributed by atoms with E-state index in [4.69, 9.17) is 4.74 Å². The molecule has 2 nitrogen and oxygen atoms in total. The van der Waals surface area contributed by atoms with E-state index in [1.54, 1.807) is 7.11 Å². The Bertz CT molecular complexity index is 2110. The minimum absolute atomic E-state index is 0.843. The standard InChI is InChI=1S/C47H41NOS/c1-4-12-37(5-2)46(40-23-31-45(50)32-24-40)33-35-17-25-42(26-18-35)48(41-15-10-7-11-16-41)43-27-19-36(20-28-43)34-47(38-13-8-6-9-14-38)39-21-29-44(49-3)30-22-39/h4-34,50H,1-3H3/b12-4-,37-5+,46-33?,47-34?. The lowest BCUT2D eigenvalue weighted by atomic mass is 9.95. The molecule has 0 radical (unpaired) electrons. The average molecular weight is 668 g/mol. The Balaban J connectivity index is 1.36. The second-order valence-electron chi connectivity index (χ2n) is 11.9. The van der Waals surface area contributed by atoms with Crippen molar-refractivity contribution < 1.29 is 4.74 Å². The molecule has 0 fully saturated rings. The van der Waals surface area contributed by atoms with Gasteiger partial charge < -0.3 is 9.64 Å². The summed E-state index contributed by atoms with van der Waals surface area (Å²) >= 11 is 4.50. The van der Waals surface area contributed by atoms with Gasteiger partial charge in [0.25, 0.3) is 0 Å². The number of ether oxygens (including phenoxy) is 1. The van der Waals surface area contributed by atoms with Crippen LogP contribution in [0.15, 0.2) is 186 Å². The maximum absolute atomic E-state index is 5.42. The number of nitrogens with zero attached hydrogens (tertiary/aromatic N) is 1. The Morgan fingerprint density at radius 3 is 1.58 bits per heavy atom. The van der Waals surface area contributed by atoms with E-state index in [2.05, 4.69) is 195 Å². The van der Waals surface area contributed by atoms with Gasteiger partial charge in [-0.2, -0.15) is 0 Å². The van der Waals surface area contributed by atoms with Gasteiger partial charge in [0.1, 0.15) is 5.75 Å². The summed E-state index contributed by atoms with van der Waals surface area (Å²) in [6.07, 6.45) is 10.9. The first kappa shape index (κ1) is 34.1. The number of hydrogen-bond acceptors (Lipinski definition) is 3. The van der Waals surface area contributed by atoms with Crippen LogP contribution in [0.1, 0.15) is 41.7 Å². The van der Waals surface area contributed by atoms with Crippen LogP contribution in [0.25, 0.3) is 23.3 Å². The summed E-state index contributed by atoms with van der Waals surface area (Å²) in [5.41, 5.74) is 12.5. The molecule has 0 aliphatic rings. The first-order valence-electron chi connectivity index (χ1n) is 16.8. The second kappa shape index (κ2) is 16.6. The first-order valence-corrected chi connectivity index (χ1v) is 17.3. The highest BCUT2D eigenvalue weighted by Crippen LogP contribution is 2.36. The van der Waals surface area contributed by atoms with E-state index in [0.717, 1.165) is 61.1 Å². The molecular formula is C47H41NOS. The zero-order valence-electron chi connectivity index (χ0n) is 28.7. The molecular weight excluding hydrogens is 627 g/mol. The summed E-state index contributed by atoms with van der Waals surface area (Å²) in [6.45, 7) is 4.14. The molecule has 0 aromatic heterocycles. The molecule has 6 aromatic rings. The summed E-state index contributed by atoms with van der Waals surface area (Å²) in [5.74, 6) is 0.843. The Morgan fingerprint density at radius 1 is 0.540 bits per heavy atom. The summed E-state index contributed by atoms with van der Waals surface area (Å²) in [5, 5.41) is 0. The number of rotatable bonds is 11. The summed E-state index contributed by atoms with van der Waals surface area (Å²) in [7, 11) is 1.70. The number of thiol groups is 1. The number of benzene rings is 6. The number of anilines is 3. The topological polar surface area (TPSA) is 12.5 Å². The lowest BCUT2D eigenvalue weighted by Gasteiger charge is -2.25.